The molecule has 0 radical (unpaired) electrons. The molecule has 0 saturated carbocycles. The first-order valence-electron chi connectivity index (χ1n) is 9.06. The molecule has 6 heteroatoms. The second kappa shape index (κ2) is 8.15. The van der Waals surface area contributed by atoms with Crippen molar-refractivity contribution in [3.05, 3.63) is 82.1 Å². The van der Waals surface area contributed by atoms with Crippen LogP contribution in [0, 0.1) is 18.3 Å². The van der Waals surface area contributed by atoms with Crippen molar-refractivity contribution in [3.8, 4) is 6.07 Å². The molecule has 0 bridgehead atoms. The van der Waals surface area contributed by atoms with E-state index in [4.69, 9.17) is 9.98 Å². The molecule has 2 aromatic carbocycles. The third-order valence-corrected chi connectivity index (χ3v) is 5.50. The summed E-state index contributed by atoms with van der Waals surface area (Å²) in [6, 6.07) is 20.2. The van der Waals surface area contributed by atoms with Crippen LogP contribution < -0.4 is 0 Å². The van der Waals surface area contributed by atoms with E-state index in [1.165, 1.54) is 16.9 Å². The highest BCUT2D eigenvalue weighted by molar-refractivity contribution is 7.09. The lowest BCUT2D eigenvalue weighted by Gasteiger charge is -2.11. The van der Waals surface area contributed by atoms with Gasteiger partial charge in [-0.2, -0.15) is 5.26 Å². The number of fused-ring (bicyclic) bond motifs is 1. The Morgan fingerprint density at radius 1 is 1.14 bits per heavy atom. The van der Waals surface area contributed by atoms with E-state index < -0.39 is 5.92 Å². The van der Waals surface area contributed by atoms with Crippen LogP contribution in [-0.2, 0) is 6.42 Å². The second-order valence-electron chi connectivity index (χ2n) is 6.58. The maximum Gasteiger partial charge on any atom is 0.133 e. The Morgan fingerprint density at radius 3 is 2.64 bits per heavy atom. The number of nitrogens with zero attached hydrogens (tertiary/aromatic N) is 4. The number of nitrogens with one attached hydrogen (secondary N) is 1. The third kappa shape index (κ3) is 4.00. The van der Waals surface area contributed by atoms with Crippen LogP contribution in [0.15, 0.2) is 65.0 Å². The second-order valence-corrected chi connectivity index (χ2v) is 7.47. The molecule has 4 rings (SSSR count). The quantitative estimate of drug-likeness (QED) is 0.475. The fraction of sp³-hybridized carbons (Fsp3) is 0.182. The summed E-state index contributed by atoms with van der Waals surface area (Å²) in [7, 11) is 0. The van der Waals surface area contributed by atoms with Gasteiger partial charge < -0.3 is 4.98 Å². The molecule has 0 aliphatic rings. The Morgan fingerprint density at radius 2 is 1.93 bits per heavy atom. The SMILES string of the molecule is Cc1csc([C@@H](C#N)C=N[C@@H](Cc2ccccc2)c2nc3ccccc3[nH]2)n1. The third-order valence-electron chi connectivity index (χ3n) is 4.45. The highest BCUT2D eigenvalue weighted by Gasteiger charge is 2.18. The molecule has 4 aromatic rings. The molecule has 0 aliphatic carbocycles. The number of rotatable bonds is 6. The molecule has 138 valence electrons. The number of imidazole rings is 1. The molecule has 0 spiro atoms. The van der Waals surface area contributed by atoms with Crippen LogP contribution in [0.4, 0.5) is 0 Å². The molecule has 0 saturated heterocycles. The van der Waals surface area contributed by atoms with Gasteiger partial charge in [0, 0.05) is 23.7 Å². The van der Waals surface area contributed by atoms with Crippen LogP contribution in [0.2, 0.25) is 0 Å². The first-order chi connectivity index (χ1) is 13.7. The predicted molar refractivity (Wildman–Crippen MR) is 113 cm³/mol. The van der Waals surface area contributed by atoms with E-state index in [1.54, 1.807) is 6.21 Å². The minimum Gasteiger partial charge on any atom is -0.340 e. The molecule has 0 amide bonds. The average Bonchev–Trinajstić information content (AvgIpc) is 3.34. The minimum atomic E-state index is -0.457. The molecule has 2 aromatic heterocycles. The number of H-pyrrole nitrogens is 1. The smallest absolute Gasteiger partial charge is 0.133 e. The monoisotopic (exact) mass is 385 g/mol. The van der Waals surface area contributed by atoms with Crippen molar-refractivity contribution in [2.45, 2.75) is 25.3 Å². The lowest BCUT2D eigenvalue weighted by Crippen LogP contribution is -2.05. The van der Waals surface area contributed by atoms with Crippen molar-refractivity contribution in [1.29, 1.82) is 5.26 Å². The van der Waals surface area contributed by atoms with E-state index in [0.29, 0.717) is 6.42 Å². The number of para-hydroxylation sites is 2. The lowest BCUT2D eigenvalue weighted by molar-refractivity contribution is 0.683. The Hall–Kier alpha value is -3.30. The highest BCUT2D eigenvalue weighted by Crippen LogP contribution is 2.25. The lowest BCUT2D eigenvalue weighted by atomic mass is 10.1. The summed E-state index contributed by atoms with van der Waals surface area (Å²) < 4.78 is 0. The van der Waals surface area contributed by atoms with Gasteiger partial charge in [0.05, 0.1) is 17.1 Å². The Bertz CT molecular complexity index is 1100. The summed E-state index contributed by atoms with van der Waals surface area (Å²) in [6.07, 6.45) is 2.41. The maximum atomic E-state index is 9.58. The van der Waals surface area contributed by atoms with Crippen molar-refractivity contribution >= 4 is 28.6 Å². The topological polar surface area (TPSA) is 77.7 Å². The van der Waals surface area contributed by atoms with E-state index in [9.17, 15) is 5.26 Å². The molecule has 0 fully saturated rings. The highest BCUT2D eigenvalue weighted by atomic mass is 32.1. The van der Waals surface area contributed by atoms with Crippen molar-refractivity contribution in [2.75, 3.05) is 0 Å². The molecule has 2 atom stereocenters. The number of aromatic amines is 1. The van der Waals surface area contributed by atoms with Gasteiger partial charge >= 0.3 is 0 Å². The van der Waals surface area contributed by atoms with Gasteiger partial charge in [-0.25, -0.2) is 9.97 Å². The van der Waals surface area contributed by atoms with Gasteiger partial charge in [-0.1, -0.05) is 42.5 Å². The zero-order valence-electron chi connectivity index (χ0n) is 15.4. The van der Waals surface area contributed by atoms with E-state index in [1.807, 2.05) is 54.8 Å². The number of aliphatic imine (C=N–C) groups is 1. The number of hydrogen-bond donors (Lipinski definition) is 1. The fourth-order valence-corrected chi connectivity index (χ4v) is 3.85. The van der Waals surface area contributed by atoms with Crippen LogP contribution in [0.25, 0.3) is 11.0 Å². The minimum absolute atomic E-state index is 0.202. The summed E-state index contributed by atoms with van der Waals surface area (Å²) in [6.45, 7) is 1.93. The average molecular weight is 385 g/mol. The molecule has 28 heavy (non-hydrogen) atoms. The van der Waals surface area contributed by atoms with Crippen LogP contribution in [0.5, 0.6) is 0 Å². The van der Waals surface area contributed by atoms with E-state index in [-0.39, 0.29) is 6.04 Å². The normalized spacial score (nSPS) is 13.6. The van der Waals surface area contributed by atoms with Crippen molar-refractivity contribution in [1.82, 2.24) is 15.0 Å². The largest absolute Gasteiger partial charge is 0.340 e. The zero-order chi connectivity index (χ0) is 19.3. The van der Waals surface area contributed by atoms with Crippen LogP contribution in [0.1, 0.15) is 34.0 Å². The van der Waals surface area contributed by atoms with Gasteiger partial charge in [0.2, 0.25) is 0 Å². The van der Waals surface area contributed by atoms with Gasteiger partial charge in [-0.3, -0.25) is 4.99 Å². The van der Waals surface area contributed by atoms with E-state index in [2.05, 4.69) is 28.2 Å². The van der Waals surface area contributed by atoms with Gasteiger partial charge in [-0.15, -0.1) is 11.3 Å². The molecular weight excluding hydrogens is 366 g/mol. The van der Waals surface area contributed by atoms with Crippen LogP contribution >= 0.6 is 11.3 Å². The molecule has 5 nitrogen and oxygen atoms in total. The number of nitriles is 1. The molecule has 2 heterocycles. The summed E-state index contributed by atoms with van der Waals surface area (Å²) in [5.41, 5.74) is 3.99. The van der Waals surface area contributed by atoms with Gasteiger partial charge in [0.15, 0.2) is 0 Å². The molecule has 0 unspecified atom stereocenters. The zero-order valence-corrected chi connectivity index (χ0v) is 16.2. The summed E-state index contributed by atoms with van der Waals surface area (Å²) in [4.78, 5) is 17.3. The van der Waals surface area contributed by atoms with Crippen molar-refractivity contribution < 1.29 is 0 Å². The molecule has 1 N–H and O–H groups in total. The summed E-state index contributed by atoms with van der Waals surface area (Å²) in [5, 5.41) is 12.3. The maximum absolute atomic E-state index is 9.58. The van der Waals surface area contributed by atoms with Crippen LogP contribution in [-0.4, -0.2) is 21.2 Å². The predicted octanol–water partition coefficient (Wildman–Crippen LogP) is 4.99. The van der Waals surface area contributed by atoms with Gasteiger partial charge in [-0.05, 0) is 24.6 Å². The first kappa shape index (κ1) is 18.1. The number of aryl methyl sites for hydroxylation is 1. The Balaban J connectivity index is 1.67. The van der Waals surface area contributed by atoms with Gasteiger partial charge in [0.25, 0.3) is 0 Å². The number of thiazole rings is 1. The Kier molecular flexibility index (Phi) is 5.27. The number of aromatic nitrogens is 3. The number of benzene rings is 2. The van der Waals surface area contributed by atoms with Crippen molar-refractivity contribution in [3.63, 3.8) is 0 Å². The molecular formula is C22H19N5S. The van der Waals surface area contributed by atoms with E-state index >= 15 is 0 Å². The van der Waals surface area contributed by atoms with Gasteiger partial charge in [0.1, 0.15) is 22.8 Å². The van der Waals surface area contributed by atoms with E-state index in [0.717, 1.165) is 27.6 Å². The summed E-state index contributed by atoms with van der Waals surface area (Å²) in [5.74, 6) is 0.342. The van der Waals surface area contributed by atoms with Crippen molar-refractivity contribution in [2.24, 2.45) is 4.99 Å². The number of hydrogen-bond acceptors (Lipinski definition) is 5. The first-order valence-corrected chi connectivity index (χ1v) is 9.94. The Labute approximate surface area is 167 Å². The summed E-state index contributed by atoms with van der Waals surface area (Å²) >= 11 is 1.49. The standard InChI is InChI=1S/C22H19N5S/c1-15-14-28-22(25-15)17(12-23)13-24-20(11-16-7-3-2-4-8-16)21-26-18-9-5-6-10-19(18)27-21/h2-10,13-14,17,20H,11H2,1H3,(H,26,27)/t17-,20-/m0/s1. The van der Waals surface area contributed by atoms with Crippen LogP contribution in [0.3, 0.4) is 0 Å². The fourth-order valence-electron chi connectivity index (χ4n) is 3.04. The molecule has 0 aliphatic heterocycles.